The van der Waals surface area contributed by atoms with Gasteiger partial charge < -0.3 is 19.6 Å². The fourth-order valence-electron chi connectivity index (χ4n) is 15.4. The van der Waals surface area contributed by atoms with Gasteiger partial charge in [-0.05, 0) is 212 Å². The predicted molar refractivity (Wildman–Crippen MR) is 374 cm³/mol. The normalized spacial score (nSPS) is 15.2. The van der Waals surface area contributed by atoms with Gasteiger partial charge in [0.2, 0.25) is 0 Å². The maximum Gasteiger partial charge on any atom is 0.0649 e. The molecule has 424 valence electrons. The molecular weight excluding hydrogens is 1090 g/mol. The number of nitrogens with zero attached hydrogens (tertiary/aromatic N) is 4. The van der Waals surface area contributed by atoms with Crippen molar-refractivity contribution >= 4 is 68.2 Å². The second-order valence-corrected chi connectivity index (χ2v) is 23.5. The van der Waals surface area contributed by atoms with Crippen LogP contribution in [0.3, 0.4) is 0 Å². The van der Waals surface area contributed by atoms with Gasteiger partial charge in [0.1, 0.15) is 0 Å². The summed E-state index contributed by atoms with van der Waals surface area (Å²) in [5.41, 5.74) is 25.5. The molecule has 0 aromatic heterocycles. The molecule has 0 unspecified atom stereocenters. The van der Waals surface area contributed by atoms with Gasteiger partial charge in [-0.1, -0.05) is 218 Å². The van der Waals surface area contributed by atoms with Crippen molar-refractivity contribution in [3.63, 3.8) is 0 Å². The summed E-state index contributed by atoms with van der Waals surface area (Å²) in [6.45, 7) is 0. The Morgan fingerprint density at radius 3 is 0.500 bits per heavy atom. The molecule has 0 fully saturated rings. The standard InChI is InChI=1S/C86H60N4/c1-9-29-61(30-10-1)87(62-31-11-2-12-32-62)69-49-53-75-76-54-50-71(89(65-37-17-5-18-38-65)66-39-19-6-20-40-66)59-83(76)86-80-48-28-26-46-74(80)73-45-25-27-47-79(73)85(86,81(75)57-69)82-58-70(88(63-33-13-3-14-34-63)64-35-15-4-16-36-64)51-55-77(82)78-56-52-72(60-84(78)86)90(67-41-21-7-22-42-67)68-43-23-8-24-44-68/h1-60H. The average molecular weight is 1150 g/mol. The monoisotopic (exact) mass is 1150 g/mol. The van der Waals surface area contributed by atoms with Crippen LogP contribution >= 0.6 is 0 Å². The zero-order valence-electron chi connectivity index (χ0n) is 49.4. The van der Waals surface area contributed by atoms with Crippen molar-refractivity contribution in [3.8, 4) is 33.4 Å². The lowest BCUT2D eigenvalue weighted by Gasteiger charge is -2.62. The second-order valence-electron chi connectivity index (χ2n) is 23.5. The number of rotatable bonds is 12. The highest BCUT2D eigenvalue weighted by molar-refractivity contribution is 6.02. The maximum absolute atomic E-state index is 2.57. The Labute approximate surface area is 526 Å². The molecule has 90 heavy (non-hydrogen) atoms. The number of hydrogen-bond acceptors (Lipinski definition) is 4. The van der Waals surface area contributed by atoms with E-state index in [-0.39, 0.29) is 0 Å². The fourth-order valence-corrected chi connectivity index (χ4v) is 15.4. The van der Waals surface area contributed by atoms with Gasteiger partial charge >= 0.3 is 0 Å². The van der Waals surface area contributed by atoms with E-state index in [0.29, 0.717) is 0 Å². The Hall–Kier alpha value is -11.7. The van der Waals surface area contributed by atoms with E-state index in [2.05, 4.69) is 384 Å². The molecule has 17 rings (SSSR count). The molecule has 0 saturated heterocycles. The van der Waals surface area contributed by atoms with E-state index < -0.39 is 10.8 Å². The van der Waals surface area contributed by atoms with Gasteiger partial charge in [0, 0.05) is 68.2 Å². The maximum atomic E-state index is 2.57. The lowest BCUT2D eigenvalue weighted by Crippen LogP contribution is -2.58. The first-order valence-corrected chi connectivity index (χ1v) is 31.1. The molecule has 0 spiro atoms. The van der Waals surface area contributed by atoms with Crippen LogP contribution in [-0.2, 0) is 10.8 Å². The third-order valence-corrected chi connectivity index (χ3v) is 18.9. The summed E-state index contributed by atoms with van der Waals surface area (Å²) in [6, 6.07) is 135. The van der Waals surface area contributed by atoms with E-state index in [0.717, 1.165) is 68.2 Å². The first kappa shape index (κ1) is 52.6. The molecule has 0 heterocycles. The Balaban J connectivity index is 1.09. The van der Waals surface area contributed by atoms with Crippen LogP contribution in [-0.4, -0.2) is 0 Å². The zero-order chi connectivity index (χ0) is 59.6. The van der Waals surface area contributed by atoms with E-state index in [9.17, 15) is 0 Å². The van der Waals surface area contributed by atoms with Gasteiger partial charge in [0.25, 0.3) is 0 Å². The van der Waals surface area contributed by atoms with Gasteiger partial charge in [-0.2, -0.15) is 0 Å². The minimum atomic E-state index is -0.987. The molecule has 0 saturated carbocycles. The quantitative estimate of drug-likeness (QED) is 0.121. The van der Waals surface area contributed by atoms with E-state index >= 15 is 0 Å². The molecule has 3 aliphatic rings. The van der Waals surface area contributed by atoms with Crippen LogP contribution < -0.4 is 19.6 Å². The largest absolute Gasteiger partial charge is 0.310 e. The second kappa shape index (κ2) is 21.6. The van der Waals surface area contributed by atoms with Gasteiger partial charge in [0.05, 0.1) is 10.8 Å². The van der Waals surface area contributed by atoms with Crippen molar-refractivity contribution in [2.75, 3.05) is 19.6 Å². The highest BCUT2D eigenvalue weighted by Gasteiger charge is 2.67. The SMILES string of the molecule is c1ccc(N(c2ccccc2)c2ccc3c(c2)C24c5ccccc5-c5ccccc5C2(c2cc(N(c5ccccc5)c5ccccc5)ccc2-3)c2cc(N(c3ccccc3)c3ccccc3)ccc2-c2ccc(N(c3ccccc3)c3ccccc3)cc24)cc1. The molecule has 0 radical (unpaired) electrons. The van der Waals surface area contributed by atoms with Crippen molar-refractivity contribution in [2.24, 2.45) is 0 Å². The van der Waals surface area contributed by atoms with Crippen LogP contribution in [0.25, 0.3) is 33.4 Å². The molecule has 4 heteroatoms. The Morgan fingerprint density at radius 2 is 0.300 bits per heavy atom. The van der Waals surface area contributed by atoms with Crippen LogP contribution in [0, 0.1) is 0 Å². The summed E-state index contributed by atoms with van der Waals surface area (Å²) in [5.74, 6) is 0. The van der Waals surface area contributed by atoms with Gasteiger partial charge in [-0.3, -0.25) is 0 Å². The summed E-state index contributed by atoms with van der Waals surface area (Å²) in [4.78, 5) is 9.75. The molecular formula is C86H60N4. The number of benzene rings is 14. The Morgan fingerprint density at radius 1 is 0.133 bits per heavy atom. The summed E-state index contributed by atoms with van der Waals surface area (Å²) < 4.78 is 0. The van der Waals surface area contributed by atoms with Crippen molar-refractivity contribution in [3.05, 3.63) is 397 Å². The minimum Gasteiger partial charge on any atom is -0.310 e. The van der Waals surface area contributed by atoms with Gasteiger partial charge in [-0.25, -0.2) is 0 Å². The van der Waals surface area contributed by atoms with Crippen molar-refractivity contribution < 1.29 is 0 Å². The lowest BCUT2D eigenvalue weighted by molar-refractivity contribution is 0.405. The molecule has 0 bridgehead atoms. The number of para-hydroxylation sites is 8. The van der Waals surface area contributed by atoms with Crippen LogP contribution in [0.15, 0.2) is 364 Å². The first-order chi connectivity index (χ1) is 44.7. The minimum absolute atomic E-state index is 0.987. The molecule has 4 nitrogen and oxygen atoms in total. The van der Waals surface area contributed by atoms with Gasteiger partial charge in [0.15, 0.2) is 0 Å². The van der Waals surface area contributed by atoms with E-state index in [1.54, 1.807) is 0 Å². The van der Waals surface area contributed by atoms with Crippen LogP contribution in [0.5, 0.6) is 0 Å². The molecule has 14 aromatic carbocycles. The Bertz CT molecular complexity index is 4210. The topological polar surface area (TPSA) is 13.0 Å². The van der Waals surface area contributed by atoms with E-state index in [4.69, 9.17) is 0 Å². The lowest BCUT2D eigenvalue weighted by atomic mass is 9.38. The molecule has 3 aliphatic carbocycles. The summed E-state index contributed by atoms with van der Waals surface area (Å²) in [5, 5.41) is 0. The smallest absolute Gasteiger partial charge is 0.0649 e. The number of hydrogen-bond donors (Lipinski definition) is 0. The van der Waals surface area contributed by atoms with Crippen LogP contribution in [0.1, 0.15) is 33.4 Å². The van der Waals surface area contributed by atoms with Crippen molar-refractivity contribution in [1.82, 2.24) is 0 Å². The predicted octanol–water partition coefficient (Wildman–Crippen LogP) is 22.9. The summed E-state index contributed by atoms with van der Waals surface area (Å²) in [7, 11) is 0. The highest BCUT2D eigenvalue weighted by atomic mass is 15.2. The molecule has 0 N–H and O–H groups in total. The zero-order valence-corrected chi connectivity index (χ0v) is 49.4. The van der Waals surface area contributed by atoms with Crippen LogP contribution in [0.2, 0.25) is 0 Å². The fraction of sp³-hybridized carbons (Fsp3) is 0.0233. The summed E-state index contributed by atoms with van der Waals surface area (Å²) in [6.07, 6.45) is 0. The van der Waals surface area contributed by atoms with Crippen LogP contribution in [0.4, 0.5) is 68.2 Å². The van der Waals surface area contributed by atoms with Gasteiger partial charge in [-0.15, -0.1) is 0 Å². The molecule has 14 aromatic rings. The third kappa shape index (κ3) is 8.08. The van der Waals surface area contributed by atoms with Crippen molar-refractivity contribution in [1.29, 1.82) is 0 Å². The van der Waals surface area contributed by atoms with E-state index in [1.165, 1.54) is 66.8 Å². The summed E-state index contributed by atoms with van der Waals surface area (Å²) >= 11 is 0. The molecule has 0 atom stereocenters. The molecule has 0 aliphatic heterocycles. The molecule has 0 amide bonds. The van der Waals surface area contributed by atoms with Crippen molar-refractivity contribution in [2.45, 2.75) is 10.8 Å². The average Bonchev–Trinajstić information content (AvgIpc) is 0.636. The first-order valence-electron chi connectivity index (χ1n) is 31.1. The third-order valence-electron chi connectivity index (χ3n) is 18.9. The number of fused-ring (bicyclic) bond motifs is 9. The Kier molecular flexibility index (Phi) is 12.6. The number of anilines is 12. The highest BCUT2D eigenvalue weighted by Crippen LogP contribution is 2.74. The van der Waals surface area contributed by atoms with E-state index in [1.807, 2.05) is 0 Å².